The van der Waals surface area contributed by atoms with Crippen molar-refractivity contribution in [2.24, 2.45) is 12.5 Å². The number of ketones is 1. The van der Waals surface area contributed by atoms with E-state index in [0.717, 1.165) is 10.5 Å². The van der Waals surface area contributed by atoms with Crippen LogP contribution in [0.15, 0.2) is 59.5 Å². The molecular weight excluding hydrogens is 670 g/mol. The van der Waals surface area contributed by atoms with E-state index in [1.807, 2.05) is 0 Å². The molecule has 0 saturated heterocycles. The van der Waals surface area contributed by atoms with Gasteiger partial charge in [0.1, 0.15) is 15.6 Å². The van der Waals surface area contributed by atoms with E-state index < -0.39 is 73.9 Å². The molecule has 1 aromatic carbocycles. The largest absolute Gasteiger partial charge is 0.427 e. The minimum Gasteiger partial charge on any atom is -0.290 e. The molecule has 0 aliphatic heterocycles. The number of hydrogen-bond donors (Lipinski definition) is 0. The normalized spacial score (nSPS) is 22.8. The summed E-state index contributed by atoms with van der Waals surface area (Å²) in [5, 5.41) is 7.98. The molecule has 4 aromatic rings. The van der Waals surface area contributed by atoms with Gasteiger partial charge in [-0.05, 0) is 61.6 Å². The maximum atomic E-state index is 14.4. The number of rotatable bonds is 7. The number of benzene rings is 1. The molecular formula is C30H26F6N6O3S2. The number of thiazole rings is 1. The average Bonchev–Trinajstić information content (AvgIpc) is 3.75. The molecule has 0 bridgehead atoms. The van der Waals surface area contributed by atoms with E-state index in [0.29, 0.717) is 28.7 Å². The molecule has 3 aliphatic rings. The second kappa shape index (κ2) is 10.8. The van der Waals surface area contributed by atoms with Crippen molar-refractivity contribution >= 4 is 33.2 Å². The van der Waals surface area contributed by atoms with Crippen LogP contribution in [0.25, 0.3) is 11.8 Å². The van der Waals surface area contributed by atoms with Crippen molar-refractivity contribution < 1.29 is 39.6 Å². The summed E-state index contributed by atoms with van der Waals surface area (Å²) in [5.41, 5.74) is 0.670. The van der Waals surface area contributed by atoms with Gasteiger partial charge in [0.2, 0.25) is 15.8 Å². The maximum absolute atomic E-state index is 14.4. The van der Waals surface area contributed by atoms with Crippen LogP contribution in [-0.4, -0.2) is 61.1 Å². The molecule has 47 heavy (non-hydrogen) atoms. The van der Waals surface area contributed by atoms with E-state index in [1.54, 1.807) is 10.8 Å². The fourth-order valence-corrected chi connectivity index (χ4v) is 9.60. The zero-order valence-corrected chi connectivity index (χ0v) is 26.2. The number of alkyl halides is 5. The standard InChI is InChI=1S/C30H26F6N6O3S2/c1-40-16-23(14-38-40)47(44,45)42(22-11-29(32,33)12-22)21-5-2-18-8-24-17(13-39-41(24)20-6-3-19(31)4-7-20)9-28(18,10-21)26(43)27-37-15-25(46-27)30(34,35)36/h3-4,6-8,13-16,21-22H,2,5,9-12H2,1H3/t21-,28-/m0/s1. The first-order valence-electron chi connectivity index (χ1n) is 14.6. The number of Topliss-reactive ketones (excluding diaryl/α,β-unsaturated/α-hetero) is 1. The summed E-state index contributed by atoms with van der Waals surface area (Å²) in [6.45, 7) is 0. The van der Waals surface area contributed by atoms with Crippen LogP contribution in [0.2, 0.25) is 0 Å². The van der Waals surface area contributed by atoms with Gasteiger partial charge in [-0.1, -0.05) is 5.57 Å². The molecule has 9 nitrogen and oxygen atoms in total. The fraction of sp³-hybridized carbons (Fsp3) is 0.400. The fourth-order valence-electron chi connectivity index (χ4n) is 6.96. The number of carbonyl (C=O) groups excluding carboxylic acids is 1. The van der Waals surface area contributed by atoms with Gasteiger partial charge < -0.3 is 0 Å². The van der Waals surface area contributed by atoms with Crippen molar-refractivity contribution in [1.29, 1.82) is 0 Å². The number of nitrogens with zero attached hydrogens (tertiary/aromatic N) is 6. The number of aromatic nitrogens is 5. The lowest BCUT2D eigenvalue weighted by Gasteiger charge is -2.50. The molecule has 17 heteroatoms. The number of halogens is 6. The highest BCUT2D eigenvalue weighted by Gasteiger charge is 2.57. The number of sulfonamides is 1. The van der Waals surface area contributed by atoms with Crippen molar-refractivity contribution in [1.82, 2.24) is 28.9 Å². The molecule has 7 rings (SSSR count). The van der Waals surface area contributed by atoms with Crippen LogP contribution < -0.4 is 0 Å². The lowest BCUT2D eigenvalue weighted by Crippen LogP contribution is -2.59. The number of aryl methyl sites for hydroxylation is 1. The highest BCUT2D eigenvalue weighted by Crippen LogP contribution is 2.54. The number of fused-ring (bicyclic) bond motifs is 2. The zero-order chi connectivity index (χ0) is 33.5. The second-order valence-electron chi connectivity index (χ2n) is 12.2. The Hall–Kier alpha value is -3.83. The summed E-state index contributed by atoms with van der Waals surface area (Å²) >= 11 is 0.202. The maximum Gasteiger partial charge on any atom is 0.427 e. The molecule has 248 valence electrons. The van der Waals surface area contributed by atoms with E-state index >= 15 is 0 Å². The number of hydrogen-bond acceptors (Lipinski definition) is 7. The van der Waals surface area contributed by atoms with Crippen LogP contribution in [0.3, 0.4) is 0 Å². The number of carbonyl (C=O) groups is 1. The molecule has 0 amide bonds. The van der Waals surface area contributed by atoms with Gasteiger partial charge in [-0.15, -0.1) is 11.3 Å². The van der Waals surface area contributed by atoms with Crippen molar-refractivity contribution in [3.63, 3.8) is 0 Å². The predicted octanol–water partition coefficient (Wildman–Crippen LogP) is 6.07. The Kier molecular flexibility index (Phi) is 7.33. The quantitative estimate of drug-likeness (QED) is 0.172. The van der Waals surface area contributed by atoms with E-state index in [9.17, 15) is 39.6 Å². The summed E-state index contributed by atoms with van der Waals surface area (Å²) in [7, 11) is -2.86. The molecule has 0 spiro atoms. The topological polar surface area (TPSA) is 103 Å². The summed E-state index contributed by atoms with van der Waals surface area (Å²) in [6.07, 6.45) is 0.135. The van der Waals surface area contributed by atoms with E-state index in [2.05, 4.69) is 15.2 Å². The number of allylic oxidation sites excluding steroid dienone is 1. The first-order chi connectivity index (χ1) is 22.1. The van der Waals surface area contributed by atoms with Gasteiger partial charge in [0, 0.05) is 38.2 Å². The van der Waals surface area contributed by atoms with Crippen LogP contribution in [0.5, 0.6) is 0 Å². The van der Waals surface area contributed by atoms with Gasteiger partial charge in [0.05, 0.1) is 35.4 Å². The third kappa shape index (κ3) is 5.41. The van der Waals surface area contributed by atoms with Crippen LogP contribution in [0.4, 0.5) is 26.3 Å². The van der Waals surface area contributed by atoms with Crippen LogP contribution in [-0.2, 0) is 29.7 Å². The van der Waals surface area contributed by atoms with Gasteiger partial charge in [-0.25, -0.2) is 31.3 Å². The van der Waals surface area contributed by atoms with Gasteiger partial charge in [-0.2, -0.15) is 27.7 Å². The molecule has 3 aromatic heterocycles. The van der Waals surface area contributed by atoms with Gasteiger partial charge >= 0.3 is 6.18 Å². The summed E-state index contributed by atoms with van der Waals surface area (Å²) < 4.78 is 115. The SMILES string of the molecule is Cn1cc(S(=O)(=O)N(C2CC(F)(F)C2)[C@H]2CCC3=Cc4c(cnn4-c4ccc(F)cc4)C[C@]3(C(=O)c3ncc(C(F)(F)F)s3)C2)cn1. The van der Waals surface area contributed by atoms with E-state index in [4.69, 9.17) is 0 Å². The lowest BCUT2D eigenvalue weighted by atomic mass is 9.60. The van der Waals surface area contributed by atoms with Gasteiger partial charge in [0.25, 0.3) is 5.92 Å². The zero-order valence-electron chi connectivity index (χ0n) is 24.6. The third-order valence-corrected chi connectivity index (χ3v) is 12.2. The smallest absolute Gasteiger partial charge is 0.290 e. The highest BCUT2D eigenvalue weighted by molar-refractivity contribution is 7.89. The predicted molar refractivity (Wildman–Crippen MR) is 157 cm³/mol. The molecule has 0 radical (unpaired) electrons. The minimum absolute atomic E-state index is 0.0484. The summed E-state index contributed by atoms with van der Waals surface area (Å²) in [6, 6.07) is 3.57. The Balaban J connectivity index is 1.33. The monoisotopic (exact) mass is 696 g/mol. The molecule has 2 saturated carbocycles. The van der Waals surface area contributed by atoms with Gasteiger partial charge in [-0.3, -0.25) is 9.48 Å². The van der Waals surface area contributed by atoms with Crippen molar-refractivity contribution in [2.45, 2.75) is 67.6 Å². The van der Waals surface area contributed by atoms with Crippen LogP contribution in [0.1, 0.15) is 58.0 Å². The molecule has 0 N–H and O–H groups in total. The third-order valence-electron chi connectivity index (χ3n) is 9.17. The Morgan fingerprint density at radius 1 is 1.04 bits per heavy atom. The Morgan fingerprint density at radius 3 is 2.38 bits per heavy atom. The molecule has 0 unspecified atom stereocenters. The summed E-state index contributed by atoms with van der Waals surface area (Å²) in [5.74, 6) is -4.23. The Bertz CT molecular complexity index is 2010. The van der Waals surface area contributed by atoms with Crippen molar-refractivity contribution in [3.8, 4) is 5.69 Å². The van der Waals surface area contributed by atoms with Crippen LogP contribution >= 0.6 is 11.3 Å². The average molecular weight is 697 g/mol. The Morgan fingerprint density at radius 2 is 1.77 bits per heavy atom. The van der Waals surface area contributed by atoms with Crippen molar-refractivity contribution in [2.75, 3.05) is 0 Å². The van der Waals surface area contributed by atoms with Crippen LogP contribution in [0, 0.1) is 11.2 Å². The first-order valence-corrected chi connectivity index (χ1v) is 16.8. The molecule has 2 atom stereocenters. The molecule has 2 fully saturated rings. The lowest BCUT2D eigenvalue weighted by molar-refractivity contribution is -0.134. The summed E-state index contributed by atoms with van der Waals surface area (Å²) in [4.78, 5) is 17.0. The Labute approximate surface area is 268 Å². The highest BCUT2D eigenvalue weighted by atomic mass is 32.2. The van der Waals surface area contributed by atoms with E-state index in [-0.39, 0.29) is 41.9 Å². The van der Waals surface area contributed by atoms with Gasteiger partial charge in [0.15, 0.2) is 5.01 Å². The van der Waals surface area contributed by atoms with Crippen molar-refractivity contribution in [3.05, 3.63) is 81.6 Å². The minimum atomic E-state index is -4.73. The van der Waals surface area contributed by atoms with E-state index in [1.165, 1.54) is 48.4 Å². The first kappa shape index (κ1) is 31.8. The molecule has 3 aliphatic carbocycles. The molecule has 3 heterocycles. The second-order valence-corrected chi connectivity index (χ2v) is 15.1.